The van der Waals surface area contributed by atoms with Crippen molar-refractivity contribution in [2.75, 3.05) is 32.8 Å². The molecular formula is C26H38F3N5O3. The summed E-state index contributed by atoms with van der Waals surface area (Å²) in [7, 11) is 0. The number of amides is 3. The molecule has 37 heavy (non-hydrogen) atoms. The molecule has 8 nitrogen and oxygen atoms in total. The van der Waals surface area contributed by atoms with E-state index in [0.717, 1.165) is 24.2 Å². The molecule has 11 heteroatoms. The van der Waals surface area contributed by atoms with E-state index in [1.165, 1.54) is 18.2 Å². The third-order valence-corrected chi connectivity index (χ3v) is 7.33. The molecule has 3 amide bonds. The van der Waals surface area contributed by atoms with Gasteiger partial charge in [0.1, 0.15) is 23.4 Å². The minimum absolute atomic E-state index is 0.0243. The summed E-state index contributed by atoms with van der Waals surface area (Å²) in [5.41, 5.74) is 11.6. The normalized spacial score (nSPS) is 20.3. The molecule has 0 bridgehead atoms. The summed E-state index contributed by atoms with van der Waals surface area (Å²) in [6.45, 7) is 6.75. The SMILES string of the molecule is CC(C)C(N)=NC(=O)N1CCC([C@H](C)CCOc2ccc([C@H](N)C(=O)N3CCC(F)(F)C3)c(F)c2)CC1. The number of amidine groups is 1. The summed E-state index contributed by atoms with van der Waals surface area (Å²) in [5.74, 6) is -2.93. The Morgan fingerprint density at radius 1 is 1.16 bits per heavy atom. The molecule has 4 N–H and O–H groups in total. The highest BCUT2D eigenvalue weighted by Crippen LogP contribution is 2.30. The lowest BCUT2D eigenvalue weighted by Gasteiger charge is -2.34. The molecule has 2 saturated heterocycles. The minimum Gasteiger partial charge on any atom is -0.493 e. The number of carbonyl (C=O) groups excluding carboxylic acids is 2. The Morgan fingerprint density at radius 2 is 1.84 bits per heavy atom. The molecule has 0 saturated carbocycles. The molecule has 2 heterocycles. The van der Waals surface area contributed by atoms with E-state index in [2.05, 4.69) is 11.9 Å². The third-order valence-electron chi connectivity index (χ3n) is 7.33. The highest BCUT2D eigenvalue weighted by Gasteiger charge is 2.41. The number of halogens is 3. The van der Waals surface area contributed by atoms with Crippen LogP contribution >= 0.6 is 0 Å². The van der Waals surface area contributed by atoms with Crippen LogP contribution in [0.2, 0.25) is 0 Å². The molecule has 0 aromatic heterocycles. The molecule has 2 fully saturated rings. The van der Waals surface area contributed by atoms with Crippen LogP contribution in [0.25, 0.3) is 0 Å². The van der Waals surface area contributed by atoms with Crippen molar-refractivity contribution in [1.82, 2.24) is 9.80 Å². The second kappa shape index (κ2) is 12.1. The zero-order valence-electron chi connectivity index (χ0n) is 21.8. The average Bonchev–Trinajstić information content (AvgIpc) is 3.22. The average molecular weight is 526 g/mol. The lowest BCUT2D eigenvalue weighted by atomic mass is 9.84. The Morgan fingerprint density at radius 3 is 2.41 bits per heavy atom. The Labute approximate surface area is 216 Å². The molecule has 2 atom stereocenters. The number of nitrogens with zero attached hydrogens (tertiary/aromatic N) is 3. The van der Waals surface area contributed by atoms with E-state index in [4.69, 9.17) is 16.2 Å². The molecule has 1 aromatic rings. The van der Waals surface area contributed by atoms with Crippen LogP contribution in [0, 0.1) is 23.6 Å². The molecule has 0 spiro atoms. The van der Waals surface area contributed by atoms with Gasteiger partial charge in [-0.25, -0.2) is 18.0 Å². The Bertz CT molecular complexity index is 996. The van der Waals surface area contributed by atoms with Crippen LogP contribution in [0.15, 0.2) is 23.2 Å². The molecule has 0 aliphatic carbocycles. The van der Waals surface area contributed by atoms with Gasteiger partial charge in [0.05, 0.1) is 13.2 Å². The number of ether oxygens (including phenoxy) is 1. The molecule has 206 valence electrons. The zero-order chi connectivity index (χ0) is 27.3. The summed E-state index contributed by atoms with van der Waals surface area (Å²) in [4.78, 5) is 31.4. The van der Waals surface area contributed by atoms with Crippen molar-refractivity contribution in [2.45, 2.75) is 58.4 Å². The lowest BCUT2D eigenvalue weighted by Crippen LogP contribution is -2.39. The molecule has 1 aromatic carbocycles. The van der Waals surface area contributed by atoms with Gasteiger partial charge in [-0.05, 0) is 37.2 Å². The maximum Gasteiger partial charge on any atom is 0.345 e. The zero-order valence-corrected chi connectivity index (χ0v) is 21.8. The van der Waals surface area contributed by atoms with Gasteiger partial charge in [0.15, 0.2) is 0 Å². The first-order chi connectivity index (χ1) is 17.4. The maximum atomic E-state index is 14.7. The molecule has 3 rings (SSSR count). The topological polar surface area (TPSA) is 114 Å². The number of carbonyl (C=O) groups is 2. The molecule has 0 radical (unpaired) electrons. The number of nitrogens with two attached hydrogens (primary N) is 2. The smallest absolute Gasteiger partial charge is 0.345 e. The number of rotatable bonds is 8. The maximum absolute atomic E-state index is 14.7. The van der Waals surface area contributed by atoms with E-state index in [-0.39, 0.29) is 24.1 Å². The summed E-state index contributed by atoms with van der Waals surface area (Å²) < 4.78 is 47.2. The van der Waals surface area contributed by atoms with Crippen molar-refractivity contribution in [1.29, 1.82) is 0 Å². The predicted molar refractivity (Wildman–Crippen MR) is 135 cm³/mol. The second-order valence-electron chi connectivity index (χ2n) is 10.4. The molecular weight excluding hydrogens is 487 g/mol. The first-order valence-electron chi connectivity index (χ1n) is 12.9. The predicted octanol–water partition coefficient (Wildman–Crippen LogP) is 3.94. The Kier molecular flexibility index (Phi) is 9.44. The van der Waals surface area contributed by atoms with E-state index in [1.807, 2.05) is 13.8 Å². The van der Waals surface area contributed by atoms with Crippen molar-refractivity contribution in [3.8, 4) is 5.75 Å². The van der Waals surface area contributed by atoms with Gasteiger partial charge in [-0.1, -0.05) is 26.8 Å². The number of urea groups is 1. The summed E-state index contributed by atoms with van der Waals surface area (Å²) >= 11 is 0. The van der Waals surface area contributed by atoms with Gasteiger partial charge in [0.25, 0.3) is 5.92 Å². The fourth-order valence-electron chi connectivity index (χ4n) is 4.67. The number of piperidine rings is 1. The first kappa shape index (κ1) is 28.7. The van der Waals surface area contributed by atoms with Crippen molar-refractivity contribution in [3.63, 3.8) is 0 Å². The van der Waals surface area contributed by atoms with Crippen LogP contribution in [0.1, 0.15) is 58.1 Å². The third kappa shape index (κ3) is 7.59. The van der Waals surface area contributed by atoms with Crippen LogP contribution in [0.5, 0.6) is 5.75 Å². The number of benzene rings is 1. The molecule has 2 aliphatic heterocycles. The summed E-state index contributed by atoms with van der Waals surface area (Å²) in [6.07, 6.45) is 2.06. The van der Waals surface area contributed by atoms with Gasteiger partial charge >= 0.3 is 6.03 Å². The monoisotopic (exact) mass is 525 g/mol. The van der Waals surface area contributed by atoms with Crippen molar-refractivity contribution >= 4 is 17.8 Å². The summed E-state index contributed by atoms with van der Waals surface area (Å²) in [5, 5.41) is 0. The lowest BCUT2D eigenvalue weighted by molar-refractivity contribution is -0.133. The van der Waals surface area contributed by atoms with Crippen molar-refractivity contribution in [3.05, 3.63) is 29.6 Å². The second-order valence-corrected chi connectivity index (χ2v) is 10.4. The van der Waals surface area contributed by atoms with E-state index >= 15 is 0 Å². The Balaban J connectivity index is 1.44. The quantitative estimate of drug-likeness (QED) is 0.394. The Hall–Kier alpha value is -2.82. The van der Waals surface area contributed by atoms with Gasteiger partial charge in [-0.3, -0.25) is 4.79 Å². The largest absolute Gasteiger partial charge is 0.493 e. The highest BCUT2D eigenvalue weighted by molar-refractivity contribution is 5.93. The minimum atomic E-state index is -2.94. The van der Waals surface area contributed by atoms with E-state index in [1.54, 1.807) is 4.90 Å². The number of likely N-dealkylation sites (tertiary alicyclic amines) is 2. The molecule has 2 aliphatic rings. The van der Waals surface area contributed by atoms with Gasteiger partial charge in [-0.2, -0.15) is 4.99 Å². The number of aliphatic imine (C=N–C) groups is 1. The van der Waals surface area contributed by atoms with Crippen LogP contribution in [-0.4, -0.2) is 66.3 Å². The highest BCUT2D eigenvalue weighted by atomic mass is 19.3. The van der Waals surface area contributed by atoms with Crippen LogP contribution in [-0.2, 0) is 4.79 Å². The number of hydrogen-bond donors (Lipinski definition) is 2. The number of hydrogen-bond acceptors (Lipinski definition) is 4. The summed E-state index contributed by atoms with van der Waals surface area (Å²) in [6, 6.07) is 2.42. The van der Waals surface area contributed by atoms with Gasteiger partial charge in [-0.15, -0.1) is 0 Å². The van der Waals surface area contributed by atoms with Crippen molar-refractivity contribution in [2.24, 2.45) is 34.2 Å². The number of alkyl halides is 2. The van der Waals surface area contributed by atoms with Crippen LogP contribution < -0.4 is 16.2 Å². The fraction of sp³-hybridized carbons (Fsp3) is 0.654. The van der Waals surface area contributed by atoms with Crippen molar-refractivity contribution < 1.29 is 27.5 Å². The standard InChI is InChI=1S/C26H38F3N5O3/c1-16(2)23(31)32-25(36)33-10-6-18(7-11-33)17(3)8-13-37-19-4-5-20(21(27)14-19)22(30)24(35)34-12-9-26(28,29)15-34/h4-5,14,16-18,22H,6-13,15,30H2,1-3H3,(H2,31,32,36)/t17-,22+/m1/s1. The van der Waals surface area contributed by atoms with E-state index in [0.29, 0.717) is 43.1 Å². The van der Waals surface area contributed by atoms with Gasteiger partial charge in [0.2, 0.25) is 5.91 Å². The first-order valence-corrected chi connectivity index (χ1v) is 12.9. The van der Waals surface area contributed by atoms with Crippen LogP contribution in [0.4, 0.5) is 18.0 Å². The fourth-order valence-corrected chi connectivity index (χ4v) is 4.67. The van der Waals surface area contributed by atoms with E-state index < -0.39 is 36.7 Å². The van der Waals surface area contributed by atoms with E-state index in [9.17, 15) is 22.8 Å². The van der Waals surface area contributed by atoms with Crippen LogP contribution in [0.3, 0.4) is 0 Å². The molecule has 0 unspecified atom stereocenters. The van der Waals surface area contributed by atoms with Gasteiger partial charge in [0, 0.05) is 43.6 Å². The van der Waals surface area contributed by atoms with Gasteiger partial charge < -0.3 is 26.0 Å².